The minimum absolute atomic E-state index is 0.0792. The van der Waals surface area contributed by atoms with Crippen molar-refractivity contribution in [3.63, 3.8) is 0 Å². The molecule has 232 valence electrons. The minimum Gasteiger partial charge on any atom is -0.354 e. The molecular weight excluding hydrogens is 538 g/mol. The molecule has 0 spiro atoms. The Kier molecular flexibility index (Phi) is 15.5. The van der Waals surface area contributed by atoms with Crippen LogP contribution in [0.3, 0.4) is 0 Å². The van der Waals surface area contributed by atoms with Gasteiger partial charge >= 0.3 is 0 Å². The molecule has 1 aromatic carbocycles. The van der Waals surface area contributed by atoms with Crippen LogP contribution in [-0.2, 0) is 25.6 Å². The lowest BCUT2D eigenvalue weighted by Gasteiger charge is -2.40. The third-order valence-corrected chi connectivity index (χ3v) is 8.21. The SMILES string of the molecule is CSCC[C@@H](C(=O)N(C)[C@H](C(=O)N(C)[C@H](C(=O)NCCc1ccccc1)C(C)C)C(C)C)N(C)C(=O)[C@@H](N)C(C)C. The summed E-state index contributed by atoms with van der Waals surface area (Å²) < 4.78 is 0. The molecule has 9 nitrogen and oxygen atoms in total. The Bertz CT molecular complexity index is 988. The number of amides is 4. The van der Waals surface area contributed by atoms with Crippen LogP contribution in [0.25, 0.3) is 0 Å². The number of nitrogens with two attached hydrogens (primary N) is 1. The van der Waals surface area contributed by atoms with Crippen LogP contribution in [0.5, 0.6) is 0 Å². The molecule has 0 aromatic heterocycles. The zero-order valence-electron chi connectivity index (χ0n) is 26.7. The molecule has 0 fully saturated rings. The van der Waals surface area contributed by atoms with Crippen molar-refractivity contribution in [1.29, 1.82) is 0 Å². The molecule has 0 unspecified atom stereocenters. The summed E-state index contributed by atoms with van der Waals surface area (Å²) in [5.41, 5.74) is 7.25. The summed E-state index contributed by atoms with van der Waals surface area (Å²) >= 11 is 1.58. The van der Waals surface area contributed by atoms with Gasteiger partial charge in [0.15, 0.2) is 0 Å². The maximum Gasteiger partial charge on any atom is 0.246 e. The molecule has 1 rings (SSSR count). The van der Waals surface area contributed by atoms with E-state index in [1.54, 1.807) is 32.9 Å². The normalized spacial score (nSPS) is 14.4. The Balaban J connectivity index is 3.16. The van der Waals surface area contributed by atoms with Crippen LogP contribution in [-0.4, -0.2) is 102 Å². The van der Waals surface area contributed by atoms with Crippen molar-refractivity contribution in [3.05, 3.63) is 35.9 Å². The molecule has 0 saturated carbocycles. The predicted molar refractivity (Wildman–Crippen MR) is 168 cm³/mol. The van der Waals surface area contributed by atoms with Crippen LogP contribution >= 0.6 is 11.8 Å². The van der Waals surface area contributed by atoms with E-state index in [1.807, 2.05) is 78.1 Å². The predicted octanol–water partition coefficient (Wildman–Crippen LogP) is 2.87. The van der Waals surface area contributed by atoms with E-state index in [-0.39, 0.29) is 41.4 Å². The number of hydrogen-bond acceptors (Lipinski definition) is 6. The lowest BCUT2D eigenvalue weighted by molar-refractivity contribution is -0.154. The molecule has 41 heavy (non-hydrogen) atoms. The lowest BCUT2D eigenvalue weighted by Crippen LogP contribution is -2.60. The van der Waals surface area contributed by atoms with Gasteiger partial charge in [-0.15, -0.1) is 0 Å². The van der Waals surface area contributed by atoms with Gasteiger partial charge in [0.05, 0.1) is 6.04 Å². The highest BCUT2D eigenvalue weighted by Crippen LogP contribution is 2.21. The third-order valence-electron chi connectivity index (χ3n) is 7.57. The number of thioether (sulfide) groups is 1. The summed E-state index contributed by atoms with van der Waals surface area (Å²) in [4.78, 5) is 58.6. The van der Waals surface area contributed by atoms with Crippen LogP contribution in [0.4, 0.5) is 0 Å². The molecule has 0 aliphatic carbocycles. The fraction of sp³-hybridized carbons (Fsp3) is 0.677. The zero-order chi connectivity index (χ0) is 31.4. The van der Waals surface area contributed by atoms with E-state index in [9.17, 15) is 19.2 Å². The highest BCUT2D eigenvalue weighted by molar-refractivity contribution is 7.98. The van der Waals surface area contributed by atoms with Gasteiger partial charge in [-0.25, -0.2) is 0 Å². The van der Waals surface area contributed by atoms with Gasteiger partial charge in [-0.3, -0.25) is 19.2 Å². The third kappa shape index (κ3) is 10.3. The molecule has 10 heteroatoms. The fourth-order valence-corrected chi connectivity index (χ4v) is 5.47. The number of nitrogens with one attached hydrogen (secondary N) is 1. The number of carbonyl (C=O) groups excluding carboxylic acids is 4. The van der Waals surface area contributed by atoms with E-state index in [4.69, 9.17) is 5.73 Å². The number of likely N-dealkylation sites (N-methyl/N-ethyl adjacent to an activating group) is 3. The van der Waals surface area contributed by atoms with Crippen LogP contribution < -0.4 is 11.1 Å². The summed E-state index contributed by atoms with van der Waals surface area (Å²) in [7, 11) is 4.84. The van der Waals surface area contributed by atoms with Gasteiger partial charge in [-0.1, -0.05) is 71.9 Å². The van der Waals surface area contributed by atoms with Crippen molar-refractivity contribution in [2.45, 2.75) is 78.6 Å². The monoisotopic (exact) mass is 591 g/mol. The highest BCUT2D eigenvalue weighted by Gasteiger charge is 2.40. The van der Waals surface area contributed by atoms with Gasteiger partial charge in [0.1, 0.15) is 18.1 Å². The summed E-state index contributed by atoms with van der Waals surface area (Å²) in [6.45, 7) is 11.8. The zero-order valence-corrected chi connectivity index (χ0v) is 27.5. The van der Waals surface area contributed by atoms with Crippen LogP contribution in [0, 0.1) is 17.8 Å². The molecule has 4 atom stereocenters. The molecule has 1 aromatic rings. The maximum atomic E-state index is 14.0. The first-order valence-electron chi connectivity index (χ1n) is 14.5. The average molecular weight is 592 g/mol. The quantitative estimate of drug-likeness (QED) is 0.306. The smallest absolute Gasteiger partial charge is 0.246 e. The molecule has 0 aliphatic rings. The molecule has 0 aliphatic heterocycles. The average Bonchev–Trinajstić information content (AvgIpc) is 2.92. The Hall–Kier alpha value is -2.59. The van der Waals surface area contributed by atoms with E-state index in [0.717, 1.165) is 5.56 Å². The fourth-order valence-electron chi connectivity index (χ4n) is 5.01. The Morgan fingerprint density at radius 3 is 1.80 bits per heavy atom. The molecule has 4 amide bonds. The van der Waals surface area contributed by atoms with E-state index in [0.29, 0.717) is 25.1 Å². The van der Waals surface area contributed by atoms with E-state index < -0.39 is 24.2 Å². The second-order valence-electron chi connectivity index (χ2n) is 11.8. The van der Waals surface area contributed by atoms with Crippen molar-refractivity contribution in [2.24, 2.45) is 23.5 Å². The van der Waals surface area contributed by atoms with Crippen LogP contribution in [0.2, 0.25) is 0 Å². The van der Waals surface area contributed by atoms with E-state index in [2.05, 4.69) is 5.32 Å². The number of carbonyl (C=O) groups is 4. The summed E-state index contributed by atoms with van der Waals surface area (Å²) in [6, 6.07) is 6.89. The first-order valence-corrected chi connectivity index (χ1v) is 15.9. The van der Waals surface area contributed by atoms with Crippen molar-refractivity contribution >= 4 is 35.4 Å². The first-order chi connectivity index (χ1) is 19.2. The summed E-state index contributed by atoms with van der Waals surface area (Å²) in [5.74, 6) is -0.956. The Labute approximate surface area is 251 Å². The van der Waals surface area contributed by atoms with Crippen molar-refractivity contribution in [2.75, 3.05) is 39.7 Å². The van der Waals surface area contributed by atoms with E-state index >= 15 is 0 Å². The Morgan fingerprint density at radius 1 is 0.780 bits per heavy atom. The molecule has 0 heterocycles. The minimum atomic E-state index is -0.815. The summed E-state index contributed by atoms with van der Waals surface area (Å²) in [6.07, 6.45) is 3.06. The molecule has 3 N–H and O–H groups in total. The van der Waals surface area contributed by atoms with Gasteiger partial charge in [-0.2, -0.15) is 11.8 Å². The molecule has 0 saturated heterocycles. The highest BCUT2D eigenvalue weighted by atomic mass is 32.2. The number of hydrogen-bond donors (Lipinski definition) is 2. The number of rotatable bonds is 16. The molecular formula is C31H53N5O4S. The van der Waals surface area contributed by atoms with Crippen molar-refractivity contribution in [3.8, 4) is 0 Å². The number of nitrogens with zero attached hydrogens (tertiary/aromatic N) is 3. The number of benzene rings is 1. The molecule has 0 bridgehead atoms. The van der Waals surface area contributed by atoms with Crippen LogP contribution in [0.1, 0.15) is 53.5 Å². The summed E-state index contributed by atoms with van der Waals surface area (Å²) in [5, 5.41) is 2.99. The van der Waals surface area contributed by atoms with Gasteiger partial charge in [0.25, 0.3) is 0 Å². The van der Waals surface area contributed by atoms with Gasteiger partial charge in [0, 0.05) is 27.7 Å². The lowest BCUT2D eigenvalue weighted by atomic mass is 9.96. The maximum absolute atomic E-state index is 14.0. The Morgan fingerprint density at radius 2 is 1.32 bits per heavy atom. The second-order valence-corrected chi connectivity index (χ2v) is 12.8. The van der Waals surface area contributed by atoms with Gasteiger partial charge < -0.3 is 25.8 Å². The topological polar surface area (TPSA) is 116 Å². The first kappa shape index (κ1) is 36.4. The van der Waals surface area contributed by atoms with E-state index in [1.165, 1.54) is 14.7 Å². The molecule has 0 radical (unpaired) electrons. The van der Waals surface area contributed by atoms with Crippen molar-refractivity contribution in [1.82, 2.24) is 20.0 Å². The van der Waals surface area contributed by atoms with Gasteiger partial charge in [-0.05, 0) is 48.2 Å². The van der Waals surface area contributed by atoms with Crippen molar-refractivity contribution < 1.29 is 19.2 Å². The largest absolute Gasteiger partial charge is 0.354 e. The second kappa shape index (κ2) is 17.4. The standard InChI is InChI=1S/C31H53N5O4S/c1-20(2)25(32)30(39)34(7)24(17-19-41-10)29(38)36(9)27(22(5)6)31(40)35(8)26(21(3)4)28(37)33-18-16-23-14-12-11-13-15-23/h11-15,20-22,24-27H,16-19,32H2,1-10H3,(H,33,37)/t24-,25-,26-,27-/m0/s1. The van der Waals surface area contributed by atoms with Gasteiger partial charge in [0.2, 0.25) is 23.6 Å². The van der Waals surface area contributed by atoms with Crippen LogP contribution in [0.15, 0.2) is 30.3 Å².